The van der Waals surface area contributed by atoms with E-state index in [1.165, 1.54) is 0 Å². The molecule has 5 nitrogen and oxygen atoms in total. The topological polar surface area (TPSA) is 78.4 Å². The summed E-state index contributed by atoms with van der Waals surface area (Å²) in [5, 5.41) is 12.3. The average Bonchev–Trinajstić information content (AvgIpc) is 2.24. The molecule has 0 radical (unpaired) electrons. The minimum absolute atomic E-state index is 0.256. The van der Waals surface area contributed by atoms with Crippen molar-refractivity contribution in [2.45, 2.75) is 13.0 Å². The summed E-state index contributed by atoms with van der Waals surface area (Å²) in [7, 11) is -3.07. The predicted molar refractivity (Wildman–Crippen MR) is 67.3 cm³/mol. The van der Waals surface area contributed by atoms with E-state index in [0.717, 1.165) is 24.8 Å². The number of nitrogens with one attached hydrogen (secondary N) is 2. The van der Waals surface area contributed by atoms with Gasteiger partial charge in [0, 0.05) is 13.1 Å². The molecule has 0 bridgehead atoms. The molecule has 0 fully saturated rings. The van der Waals surface area contributed by atoms with Gasteiger partial charge in [0.15, 0.2) is 0 Å². The summed E-state index contributed by atoms with van der Waals surface area (Å²) in [5.74, 6) is 0.256. The van der Waals surface area contributed by atoms with E-state index >= 15 is 0 Å². The average molecular weight is 258 g/mol. The van der Waals surface area contributed by atoms with E-state index in [1.807, 2.05) is 12.1 Å². The largest absolute Gasteiger partial charge is 0.508 e. The summed E-state index contributed by atoms with van der Waals surface area (Å²) in [5.41, 5.74) is 1.08. The van der Waals surface area contributed by atoms with E-state index in [-0.39, 0.29) is 5.75 Å². The Morgan fingerprint density at radius 1 is 1.18 bits per heavy atom. The van der Waals surface area contributed by atoms with Gasteiger partial charge in [-0.2, -0.15) is 0 Å². The van der Waals surface area contributed by atoms with Gasteiger partial charge in [-0.1, -0.05) is 12.1 Å². The van der Waals surface area contributed by atoms with Gasteiger partial charge in [0.2, 0.25) is 10.0 Å². The van der Waals surface area contributed by atoms with Gasteiger partial charge in [0.25, 0.3) is 0 Å². The van der Waals surface area contributed by atoms with Crippen molar-refractivity contribution in [3.05, 3.63) is 29.8 Å². The lowest BCUT2D eigenvalue weighted by atomic mass is 10.2. The third-order valence-corrected chi connectivity index (χ3v) is 2.89. The summed E-state index contributed by atoms with van der Waals surface area (Å²) in [6, 6.07) is 6.97. The molecule has 1 aromatic rings. The molecule has 0 aliphatic heterocycles. The van der Waals surface area contributed by atoms with Crippen molar-refractivity contribution >= 4 is 10.0 Å². The zero-order chi connectivity index (χ0) is 12.7. The molecule has 96 valence electrons. The molecule has 0 saturated heterocycles. The van der Waals surface area contributed by atoms with Gasteiger partial charge >= 0.3 is 0 Å². The van der Waals surface area contributed by atoms with Crippen LogP contribution in [-0.4, -0.2) is 32.9 Å². The maximum absolute atomic E-state index is 10.8. The first-order valence-corrected chi connectivity index (χ1v) is 7.30. The van der Waals surface area contributed by atoms with E-state index in [0.29, 0.717) is 13.1 Å². The molecular formula is C11H18N2O3S. The molecule has 0 unspecified atom stereocenters. The Hall–Kier alpha value is -1.11. The normalized spacial score (nSPS) is 11.6. The van der Waals surface area contributed by atoms with E-state index in [2.05, 4.69) is 10.0 Å². The maximum atomic E-state index is 10.8. The van der Waals surface area contributed by atoms with Gasteiger partial charge in [-0.3, -0.25) is 0 Å². The monoisotopic (exact) mass is 258 g/mol. The van der Waals surface area contributed by atoms with Gasteiger partial charge in [-0.05, 0) is 30.7 Å². The van der Waals surface area contributed by atoms with Crippen LogP contribution in [0.3, 0.4) is 0 Å². The molecule has 1 aromatic carbocycles. The Kier molecular flexibility index (Phi) is 5.40. The minimum atomic E-state index is -3.07. The number of sulfonamides is 1. The Morgan fingerprint density at radius 2 is 1.82 bits per heavy atom. The van der Waals surface area contributed by atoms with Crippen molar-refractivity contribution in [1.82, 2.24) is 10.0 Å². The molecule has 1 rings (SSSR count). The molecule has 0 spiro atoms. The zero-order valence-corrected chi connectivity index (χ0v) is 10.6. The van der Waals surface area contributed by atoms with Crippen LogP contribution in [0.2, 0.25) is 0 Å². The lowest BCUT2D eigenvalue weighted by molar-refractivity contribution is 0.475. The Balaban J connectivity index is 2.10. The second-order valence-electron chi connectivity index (χ2n) is 3.86. The Bertz CT molecular complexity index is 429. The van der Waals surface area contributed by atoms with Crippen molar-refractivity contribution in [3.8, 4) is 5.75 Å². The van der Waals surface area contributed by atoms with E-state index < -0.39 is 10.0 Å². The van der Waals surface area contributed by atoms with E-state index in [9.17, 15) is 8.42 Å². The highest BCUT2D eigenvalue weighted by molar-refractivity contribution is 7.88. The lowest BCUT2D eigenvalue weighted by Gasteiger charge is -2.05. The van der Waals surface area contributed by atoms with Crippen molar-refractivity contribution < 1.29 is 13.5 Å². The van der Waals surface area contributed by atoms with Gasteiger partial charge in [-0.15, -0.1) is 0 Å². The second kappa shape index (κ2) is 6.58. The standard InChI is InChI=1S/C11H18N2O3S/c1-17(15,16)13-8-2-7-12-9-10-3-5-11(14)6-4-10/h3-6,12-14H,2,7-9H2,1H3. The number of phenols is 1. The molecule has 0 amide bonds. The quantitative estimate of drug-likeness (QED) is 0.619. The number of rotatable bonds is 7. The van der Waals surface area contributed by atoms with Gasteiger partial charge in [-0.25, -0.2) is 13.1 Å². The molecule has 0 heterocycles. The molecule has 17 heavy (non-hydrogen) atoms. The highest BCUT2D eigenvalue weighted by Crippen LogP contribution is 2.08. The van der Waals surface area contributed by atoms with Crippen molar-refractivity contribution in [1.29, 1.82) is 0 Å². The fourth-order valence-corrected chi connectivity index (χ4v) is 1.83. The van der Waals surface area contributed by atoms with Crippen LogP contribution in [0.5, 0.6) is 5.75 Å². The molecule has 3 N–H and O–H groups in total. The van der Waals surface area contributed by atoms with Crippen LogP contribution < -0.4 is 10.0 Å². The number of aromatic hydroxyl groups is 1. The van der Waals surface area contributed by atoms with Crippen LogP contribution in [0.4, 0.5) is 0 Å². The first-order chi connectivity index (χ1) is 7.97. The van der Waals surface area contributed by atoms with Crippen molar-refractivity contribution in [3.63, 3.8) is 0 Å². The van der Waals surface area contributed by atoms with Gasteiger partial charge in [0.05, 0.1) is 6.26 Å². The second-order valence-corrected chi connectivity index (χ2v) is 5.70. The van der Waals surface area contributed by atoms with Gasteiger partial charge in [0.1, 0.15) is 5.75 Å². The summed E-state index contributed by atoms with van der Waals surface area (Å²) in [6.07, 6.45) is 1.89. The Morgan fingerprint density at radius 3 is 2.41 bits per heavy atom. The number of hydrogen-bond donors (Lipinski definition) is 3. The summed E-state index contributed by atoms with van der Waals surface area (Å²) >= 11 is 0. The highest BCUT2D eigenvalue weighted by Gasteiger charge is 1.98. The number of phenolic OH excluding ortho intramolecular Hbond substituents is 1. The SMILES string of the molecule is CS(=O)(=O)NCCCNCc1ccc(O)cc1. The predicted octanol–water partition coefficient (Wildman–Crippen LogP) is 0.421. The van der Waals surface area contributed by atoms with Crippen molar-refractivity contribution in [2.24, 2.45) is 0 Å². The molecule has 0 aliphatic rings. The molecule has 0 saturated carbocycles. The summed E-state index contributed by atoms with van der Waals surface area (Å²) in [6.45, 7) is 1.89. The van der Waals surface area contributed by atoms with Crippen LogP contribution in [0, 0.1) is 0 Å². The third kappa shape index (κ3) is 6.93. The van der Waals surface area contributed by atoms with Crippen LogP contribution >= 0.6 is 0 Å². The third-order valence-electron chi connectivity index (χ3n) is 2.16. The van der Waals surface area contributed by atoms with E-state index in [4.69, 9.17) is 5.11 Å². The molecule has 0 atom stereocenters. The van der Waals surface area contributed by atoms with Crippen LogP contribution in [0.15, 0.2) is 24.3 Å². The Labute approximate surface area is 102 Å². The number of hydrogen-bond acceptors (Lipinski definition) is 4. The summed E-state index contributed by atoms with van der Waals surface area (Å²) < 4.78 is 24.0. The van der Waals surface area contributed by atoms with E-state index in [1.54, 1.807) is 12.1 Å². The van der Waals surface area contributed by atoms with Crippen LogP contribution in [0.25, 0.3) is 0 Å². The zero-order valence-electron chi connectivity index (χ0n) is 9.81. The maximum Gasteiger partial charge on any atom is 0.208 e. The highest BCUT2D eigenvalue weighted by atomic mass is 32.2. The van der Waals surface area contributed by atoms with Crippen LogP contribution in [-0.2, 0) is 16.6 Å². The molecular weight excluding hydrogens is 240 g/mol. The fraction of sp³-hybridized carbons (Fsp3) is 0.455. The van der Waals surface area contributed by atoms with Crippen molar-refractivity contribution in [2.75, 3.05) is 19.3 Å². The first-order valence-electron chi connectivity index (χ1n) is 5.40. The molecule has 0 aliphatic carbocycles. The number of benzene rings is 1. The van der Waals surface area contributed by atoms with Gasteiger partial charge < -0.3 is 10.4 Å². The molecule has 0 aromatic heterocycles. The van der Waals surface area contributed by atoms with Crippen LogP contribution in [0.1, 0.15) is 12.0 Å². The first kappa shape index (κ1) is 14.0. The molecule has 6 heteroatoms. The fourth-order valence-electron chi connectivity index (χ4n) is 1.32. The lowest BCUT2D eigenvalue weighted by Crippen LogP contribution is -2.26. The summed E-state index contributed by atoms with van der Waals surface area (Å²) in [4.78, 5) is 0. The smallest absolute Gasteiger partial charge is 0.208 e. The minimum Gasteiger partial charge on any atom is -0.508 e.